The van der Waals surface area contributed by atoms with Gasteiger partial charge in [-0.05, 0) is 49.3 Å². The van der Waals surface area contributed by atoms with Crippen LogP contribution in [0.3, 0.4) is 0 Å². The van der Waals surface area contributed by atoms with E-state index < -0.39 is 11.6 Å². The van der Waals surface area contributed by atoms with E-state index in [4.69, 9.17) is 9.47 Å². The zero-order chi connectivity index (χ0) is 21.3. The third kappa shape index (κ3) is 6.97. The molecule has 1 rings (SSSR count). The first-order chi connectivity index (χ1) is 13.1. The molecule has 6 nitrogen and oxygen atoms in total. The van der Waals surface area contributed by atoms with Gasteiger partial charge in [-0.2, -0.15) is 5.26 Å². The Morgan fingerprint density at radius 2 is 1.79 bits per heavy atom. The van der Waals surface area contributed by atoms with E-state index in [-0.39, 0.29) is 29.1 Å². The summed E-state index contributed by atoms with van der Waals surface area (Å²) in [6.07, 6.45) is 2.03. The van der Waals surface area contributed by atoms with Crippen LogP contribution in [0.2, 0.25) is 0 Å². The Morgan fingerprint density at radius 1 is 1.18 bits per heavy atom. The van der Waals surface area contributed by atoms with Crippen molar-refractivity contribution in [3.63, 3.8) is 0 Å². The molecule has 0 fully saturated rings. The van der Waals surface area contributed by atoms with Gasteiger partial charge in [-0.3, -0.25) is 9.59 Å². The summed E-state index contributed by atoms with van der Waals surface area (Å²) in [7, 11) is 0. The third-order valence-corrected chi connectivity index (χ3v) is 4.08. The van der Waals surface area contributed by atoms with Crippen LogP contribution in [0.4, 0.5) is 5.69 Å². The molecule has 0 spiro atoms. The van der Waals surface area contributed by atoms with E-state index in [0.717, 1.165) is 6.42 Å². The zero-order valence-electron chi connectivity index (χ0n) is 17.8. The Kier molecular flexibility index (Phi) is 9.14. The van der Waals surface area contributed by atoms with Crippen molar-refractivity contribution < 1.29 is 19.1 Å². The molecule has 1 aromatic rings. The Hall–Kier alpha value is -2.39. The van der Waals surface area contributed by atoms with Crippen molar-refractivity contribution in [3.8, 4) is 11.8 Å². The van der Waals surface area contributed by atoms with E-state index in [1.54, 1.807) is 6.07 Å². The molecule has 0 heterocycles. The van der Waals surface area contributed by atoms with E-state index >= 15 is 0 Å². The predicted molar refractivity (Wildman–Crippen MR) is 109 cm³/mol. The number of amides is 1. The van der Waals surface area contributed by atoms with Gasteiger partial charge in [-0.1, -0.05) is 34.6 Å². The Bertz CT molecular complexity index is 710. The molecule has 0 radical (unpaired) electrons. The Labute approximate surface area is 168 Å². The van der Waals surface area contributed by atoms with E-state index in [2.05, 4.69) is 33.0 Å². The second kappa shape index (κ2) is 10.8. The van der Waals surface area contributed by atoms with Gasteiger partial charge >= 0.3 is 5.97 Å². The number of ether oxygens (including phenoxy) is 2. The summed E-state index contributed by atoms with van der Waals surface area (Å²) in [4.78, 5) is 24.4. The number of nitrogens with one attached hydrogen (secondary N) is 1. The molecule has 0 aliphatic rings. The molecule has 28 heavy (non-hydrogen) atoms. The SMILES string of the molecule is CCCOC(CC(C)C)(CC(C)C)C(=O)Nc1ccc(OC(C)=O)c(C#N)c1. The fourth-order valence-corrected chi connectivity index (χ4v) is 3.25. The number of anilines is 1. The second-order valence-corrected chi connectivity index (χ2v) is 7.91. The van der Waals surface area contributed by atoms with Gasteiger partial charge in [0.25, 0.3) is 5.91 Å². The number of carbonyl (C=O) groups is 2. The van der Waals surface area contributed by atoms with Crippen LogP contribution < -0.4 is 10.1 Å². The average molecular weight is 389 g/mol. The van der Waals surface area contributed by atoms with E-state index in [9.17, 15) is 14.9 Å². The van der Waals surface area contributed by atoms with Crippen LogP contribution in [-0.2, 0) is 14.3 Å². The minimum absolute atomic E-state index is 0.172. The standard InChI is InChI=1S/C22H32N2O4/c1-7-10-27-22(12-15(2)3,13-16(4)5)21(26)24-19-8-9-20(28-17(6)25)18(11-19)14-23/h8-9,11,15-16H,7,10,12-13H2,1-6H3,(H,24,26). The highest BCUT2D eigenvalue weighted by atomic mass is 16.5. The predicted octanol–water partition coefficient (Wildman–Crippen LogP) is 4.68. The first-order valence-corrected chi connectivity index (χ1v) is 9.81. The largest absolute Gasteiger partial charge is 0.425 e. The number of esters is 1. The fourth-order valence-electron chi connectivity index (χ4n) is 3.25. The van der Waals surface area contributed by atoms with Crippen molar-refractivity contribution in [2.24, 2.45) is 11.8 Å². The number of carbonyl (C=O) groups excluding carboxylic acids is 2. The quantitative estimate of drug-likeness (QED) is 0.464. The summed E-state index contributed by atoms with van der Waals surface area (Å²) in [5.74, 6) is 0.0113. The number of benzene rings is 1. The molecule has 154 valence electrons. The lowest BCUT2D eigenvalue weighted by atomic mass is 9.83. The highest BCUT2D eigenvalue weighted by molar-refractivity contribution is 5.97. The van der Waals surface area contributed by atoms with Crippen LogP contribution >= 0.6 is 0 Å². The lowest BCUT2D eigenvalue weighted by molar-refractivity contribution is -0.147. The molecule has 0 bridgehead atoms. The molecule has 0 aliphatic carbocycles. The summed E-state index contributed by atoms with van der Waals surface area (Å²) in [5.41, 5.74) is -0.282. The minimum Gasteiger partial charge on any atom is -0.425 e. The van der Waals surface area contributed by atoms with Gasteiger partial charge in [0.15, 0.2) is 0 Å². The van der Waals surface area contributed by atoms with Gasteiger partial charge in [0.05, 0.1) is 5.56 Å². The number of nitriles is 1. The van der Waals surface area contributed by atoms with Gasteiger partial charge in [0.2, 0.25) is 0 Å². The molecule has 0 atom stereocenters. The van der Waals surface area contributed by atoms with Crippen molar-refractivity contribution in [2.75, 3.05) is 11.9 Å². The summed E-state index contributed by atoms with van der Waals surface area (Å²) in [6, 6.07) is 6.62. The molecule has 0 saturated carbocycles. The maximum absolute atomic E-state index is 13.3. The van der Waals surface area contributed by atoms with Gasteiger partial charge in [0.1, 0.15) is 17.4 Å². The van der Waals surface area contributed by atoms with Crippen molar-refractivity contribution in [2.45, 2.75) is 66.4 Å². The molecular formula is C22H32N2O4. The second-order valence-electron chi connectivity index (χ2n) is 7.91. The van der Waals surface area contributed by atoms with E-state index in [0.29, 0.717) is 25.1 Å². The molecule has 0 saturated heterocycles. The van der Waals surface area contributed by atoms with Crippen LogP contribution in [0.15, 0.2) is 18.2 Å². The van der Waals surface area contributed by atoms with Gasteiger partial charge < -0.3 is 14.8 Å². The first kappa shape index (κ1) is 23.6. The normalized spacial score (nSPS) is 11.4. The summed E-state index contributed by atoms with van der Waals surface area (Å²) < 4.78 is 11.1. The topological polar surface area (TPSA) is 88.4 Å². The summed E-state index contributed by atoms with van der Waals surface area (Å²) in [5, 5.41) is 12.2. The summed E-state index contributed by atoms with van der Waals surface area (Å²) in [6.45, 7) is 12.1. The highest BCUT2D eigenvalue weighted by Gasteiger charge is 2.40. The minimum atomic E-state index is -0.931. The van der Waals surface area contributed by atoms with Crippen molar-refractivity contribution in [1.82, 2.24) is 0 Å². The van der Waals surface area contributed by atoms with E-state index in [1.807, 2.05) is 13.0 Å². The van der Waals surface area contributed by atoms with E-state index in [1.165, 1.54) is 19.1 Å². The van der Waals surface area contributed by atoms with Gasteiger partial charge in [0, 0.05) is 19.2 Å². The van der Waals surface area contributed by atoms with Crippen LogP contribution in [0.25, 0.3) is 0 Å². The first-order valence-electron chi connectivity index (χ1n) is 9.81. The lowest BCUT2D eigenvalue weighted by Crippen LogP contribution is -2.47. The van der Waals surface area contributed by atoms with Crippen LogP contribution in [-0.4, -0.2) is 24.1 Å². The maximum atomic E-state index is 13.3. The molecule has 1 N–H and O–H groups in total. The molecule has 1 amide bonds. The molecule has 0 aliphatic heterocycles. The Balaban J connectivity index is 3.18. The average Bonchev–Trinajstić information content (AvgIpc) is 2.59. The molecular weight excluding hydrogens is 356 g/mol. The van der Waals surface area contributed by atoms with Gasteiger partial charge in [-0.15, -0.1) is 0 Å². The Morgan fingerprint density at radius 3 is 2.25 bits per heavy atom. The molecule has 0 unspecified atom stereocenters. The molecule has 0 aromatic heterocycles. The number of hydrogen-bond acceptors (Lipinski definition) is 5. The van der Waals surface area contributed by atoms with Crippen molar-refractivity contribution in [3.05, 3.63) is 23.8 Å². The van der Waals surface area contributed by atoms with Crippen LogP contribution in [0.1, 0.15) is 66.4 Å². The van der Waals surface area contributed by atoms with Crippen LogP contribution in [0, 0.1) is 23.2 Å². The lowest BCUT2D eigenvalue weighted by Gasteiger charge is -2.35. The molecule has 6 heteroatoms. The smallest absolute Gasteiger partial charge is 0.308 e. The number of hydrogen-bond donors (Lipinski definition) is 1. The third-order valence-electron chi connectivity index (χ3n) is 4.08. The highest BCUT2D eigenvalue weighted by Crippen LogP contribution is 2.32. The summed E-state index contributed by atoms with van der Waals surface area (Å²) >= 11 is 0. The van der Waals surface area contributed by atoms with Gasteiger partial charge in [-0.25, -0.2) is 0 Å². The van der Waals surface area contributed by atoms with Crippen molar-refractivity contribution >= 4 is 17.6 Å². The number of nitrogens with zero attached hydrogens (tertiary/aromatic N) is 1. The maximum Gasteiger partial charge on any atom is 0.308 e. The monoisotopic (exact) mass is 388 g/mol. The number of rotatable bonds is 10. The molecule has 1 aromatic carbocycles. The fraction of sp³-hybridized carbons (Fsp3) is 0.591. The zero-order valence-corrected chi connectivity index (χ0v) is 17.8. The van der Waals surface area contributed by atoms with Crippen LogP contribution in [0.5, 0.6) is 5.75 Å². The van der Waals surface area contributed by atoms with Crippen molar-refractivity contribution in [1.29, 1.82) is 5.26 Å².